The SMILES string of the molecule is Cc1ccc(C(C)NCC2Cc3ccccc32)cc1C. The molecule has 20 heavy (non-hydrogen) atoms. The van der Waals surface area contributed by atoms with Crippen LogP contribution in [0.1, 0.15) is 46.7 Å². The number of hydrogen-bond acceptors (Lipinski definition) is 1. The summed E-state index contributed by atoms with van der Waals surface area (Å²) >= 11 is 0. The molecule has 0 aromatic heterocycles. The quantitative estimate of drug-likeness (QED) is 0.869. The average molecular weight is 265 g/mol. The van der Waals surface area contributed by atoms with Gasteiger partial charge in [-0.15, -0.1) is 0 Å². The number of aryl methyl sites for hydroxylation is 2. The summed E-state index contributed by atoms with van der Waals surface area (Å²) in [6.07, 6.45) is 1.23. The minimum atomic E-state index is 0.419. The van der Waals surface area contributed by atoms with Gasteiger partial charge in [-0.3, -0.25) is 0 Å². The van der Waals surface area contributed by atoms with Gasteiger partial charge >= 0.3 is 0 Å². The Kier molecular flexibility index (Phi) is 3.62. The molecule has 0 bridgehead atoms. The summed E-state index contributed by atoms with van der Waals surface area (Å²) in [4.78, 5) is 0. The van der Waals surface area contributed by atoms with E-state index in [0.29, 0.717) is 12.0 Å². The summed E-state index contributed by atoms with van der Waals surface area (Å²) in [5.74, 6) is 0.695. The number of benzene rings is 2. The van der Waals surface area contributed by atoms with E-state index < -0.39 is 0 Å². The topological polar surface area (TPSA) is 12.0 Å². The van der Waals surface area contributed by atoms with Crippen molar-refractivity contribution >= 4 is 0 Å². The largest absolute Gasteiger partial charge is 0.310 e. The molecule has 0 spiro atoms. The van der Waals surface area contributed by atoms with Gasteiger partial charge in [0, 0.05) is 18.5 Å². The fourth-order valence-electron chi connectivity index (χ4n) is 3.02. The van der Waals surface area contributed by atoms with Crippen molar-refractivity contribution in [3.8, 4) is 0 Å². The highest BCUT2D eigenvalue weighted by atomic mass is 14.9. The maximum Gasteiger partial charge on any atom is 0.0292 e. The Morgan fingerprint density at radius 2 is 1.90 bits per heavy atom. The fourth-order valence-corrected chi connectivity index (χ4v) is 3.02. The van der Waals surface area contributed by atoms with E-state index >= 15 is 0 Å². The van der Waals surface area contributed by atoms with Crippen LogP contribution in [0.2, 0.25) is 0 Å². The molecule has 2 unspecified atom stereocenters. The standard InChI is InChI=1S/C19H23N/c1-13-8-9-16(10-14(13)2)15(3)20-12-18-11-17-6-4-5-7-19(17)18/h4-10,15,18,20H,11-12H2,1-3H3. The molecule has 1 heteroatoms. The van der Waals surface area contributed by atoms with Crippen LogP contribution in [0.4, 0.5) is 0 Å². The Hall–Kier alpha value is -1.60. The average Bonchev–Trinajstić information content (AvgIpc) is 2.42. The zero-order chi connectivity index (χ0) is 14.1. The van der Waals surface area contributed by atoms with Crippen LogP contribution in [0.3, 0.4) is 0 Å². The second-order valence-corrected chi connectivity index (χ2v) is 6.07. The van der Waals surface area contributed by atoms with Gasteiger partial charge in [-0.25, -0.2) is 0 Å². The number of nitrogens with one attached hydrogen (secondary N) is 1. The first-order valence-corrected chi connectivity index (χ1v) is 7.53. The lowest BCUT2D eigenvalue weighted by atomic mass is 9.77. The Morgan fingerprint density at radius 1 is 1.10 bits per heavy atom. The van der Waals surface area contributed by atoms with E-state index in [9.17, 15) is 0 Å². The molecule has 3 rings (SSSR count). The first-order valence-electron chi connectivity index (χ1n) is 7.53. The Balaban J connectivity index is 1.60. The summed E-state index contributed by atoms with van der Waals surface area (Å²) in [5.41, 5.74) is 7.20. The number of rotatable bonds is 4. The van der Waals surface area contributed by atoms with Gasteiger partial charge in [0.1, 0.15) is 0 Å². The molecule has 1 aliphatic rings. The monoisotopic (exact) mass is 265 g/mol. The first-order chi connectivity index (χ1) is 9.65. The van der Waals surface area contributed by atoms with Crippen LogP contribution in [-0.2, 0) is 6.42 Å². The first kappa shape index (κ1) is 13.4. The molecule has 0 saturated heterocycles. The lowest BCUT2D eigenvalue weighted by molar-refractivity contribution is 0.489. The zero-order valence-electron chi connectivity index (χ0n) is 12.6. The lowest BCUT2D eigenvalue weighted by Gasteiger charge is -2.31. The molecule has 2 aromatic rings. The minimum Gasteiger partial charge on any atom is -0.310 e. The lowest BCUT2D eigenvalue weighted by Crippen LogP contribution is -2.30. The summed E-state index contributed by atoms with van der Waals surface area (Å²) < 4.78 is 0. The van der Waals surface area contributed by atoms with Gasteiger partial charge in [0.05, 0.1) is 0 Å². The third-order valence-corrected chi connectivity index (χ3v) is 4.66. The smallest absolute Gasteiger partial charge is 0.0292 e. The highest BCUT2D eigenvalue weighted by Crippen LogP contribution is 2.34. The van der Waals surface area contributed by atoms with E-state index in [2.05, 4.69) is 68.6 Å². The van der Waals surface area contributed by atoms with Crippen molar-refractivity contribution in [1.82, 2.24) is 5.32 Å². The third-order valence-electron chi connectivity index (χ3n) is 4.66. The molecular formula is C19H23N. The zero-order valence-corrected chi connectivity index (χ0v) is 12.6. The third kappa shape index (κ3) is 2.51. The van der Waals surface area contributed by atoms with Crippen molar-refractivity contribution in [3.63, 3.8) is 0 Å². The summed E-state index contributed by atoms with van der Waals surface area (Å²) in [6, 6.07) is 16.0. The van der Waals surface area contributed by atoms with Crippen molar-refractivity contribution < 1.29 is 0 Å². The van der Waals surface area contributed by atoms with Crippen molar-refractivity contribution in [2.24, 2.45) is 0 Å². The van der Waals surface area contributed by atoms with E-state index in [4.69, 9.17) is 0 Å². The van der Waals surface area contributed by atoms with Gasteiger partial charge in [0.15, 0.2) is 0 Å². The minimum absolute atomic E-state index is 0.419. The molecule has 0 heterocycles. The molecule has 0 saturated carbocycles. The van der Waals surface area contributed by atoms with Crippen LogP contribution in [0.25, 0.3) is 0 Å². The van der Waals surface area contributed by atoms with Crippen LogP contribution in [0.5, 0.6) is 0 Å². The summed E-state index contributed by atoms with van der Waals surface area (Å²) in [7, 11) is 0. The predicted molar refractivity (Wildman–Crippen MR) is 85.2 cm³/mol. The molecule has 0 radical (unpaired) electrons. The van der Waals surface area contributed by atoms with E-state index in [-0.39, 0.29) is 0 Å². The molecule has 0 amide bonds. The van der Waals surface area contributed by atoms with Crippen molar-refractivity contribution in [3.05, 3.63) is 70.3 Å². The Labute approximate surface area is 122 Å². The second-order valence-electron chi connectivity index (χ2n) is 6.07. The maximum absolute atomic E-state index is 3.69. The van der Waals surface area contributed by atoms with E-state index in [0.717, 1.165) is 6.54 Å². The van der Waals surface area contributed by atoms with Gasteiger partial charge in [-0.1, -0.05) is 42.5 Å². The molecule has 2 atom stereocenters. The molecule has 1 N–H and O–H groups in total. The molecule has 2 aromatic carbocycles. The van der Waals surface area contributed by atoms with Crippen molar-refractivity contribution in [2.75, 3.05) is 6.54 Å². The summed E-state index contributed by atoms with van der Waals surface area (Å²) in [6.45, 7) is 7.69. The van der Waals surface area contributed by atoms with Gasteiger partial charge in [0.2, 0.25) is 0 Å². The number of fused-ring (bicyclic) bond motifs is 1. The summed E-state index contributed by atoms with van der Waals surface area (Å²) in [5, 5.41) is 3.69. The van der Waals surface area contributed by atoms with Crippen LogP contribution in [0, 0.1) is 13.8 Å². The molecule has 1 nitrogen and oxygen atoms in total. The van der Waals surface area contributed by atoms with E-state index in [1.807, 2.05) is 0 Å². The fraction of sp³-hybridized carbons (Fsp3) is 0.368. The number of hydrogen-bond donors (Lipinski definition) is 1. The van der Waals surface area contributed by atoms with E-state index in [1.165, 1.54) is 34.2 Å². The van der Waals surface area contributed by atoms with Gasteiger partial charge < -0.3 is 5.32 Å². The molecule has 0 fully saturated rings. The van der Waals surface area contributed by atoms with Crippen LogP contribution in [0.15, 0.2) is 42.5 Å². The van der Waals surface area contributed by atoms with Gasteiger partial charge in [-0.2, -0.15) is 0 Å². The Bertz CT molecular complexity index is 615. The predicted octanol–water partition coefficient (Wildman–Crippen LogP) is 4.29. The van der Waals surface area contributed by atoms with Gasteiger partial charge in [0.25, 0.3) is 0 Å². The molecule has 104 valence electrons. The second kappa shape index (κ2) is 5.41. The van der Waals surface area contributed by atoms with Crippen LogP contribution < -0.4 is 5.32 Å². The van der Waals surface area contributed by atoms with Crippen molar-refractivity contribution in [2.45, 2.75) is 39.2 Å². The maximum atomic E-state index is 3.69. The Morgan fingerprint density at radius 3 is 2.65 bits per heavy atom. The van der Waals surface area contributed by atoms with Crippen molar-refractivity contribution in [1.29, 1.82) is 0 Å². The van der Waals surface area contributed by atoms with E-state index in [1.54, 1.807) is 0 Å². The highest BCUT2D eigenvalue weighted by Gasteiger charge is 2.25. The molecule has 1 aliphatic carbocycles. The van der Waals surface area contributed by atoms with Crippen LogP contribution >= 0.6 is 0 Å². The normalized spacial score (nSPS) is 18.2. The highest BCUT2D eigenvalue weighted by molar-refractivity contribution is 5.40. The van der Waals surface area contributed by atoms with Gasteiger partial charge in [-0.05, 0) is 55.0 Å². The molecular weight excluding hydrogens is 242 g/mol. The van der Waals surface area contributed by atoms with Crippen LogP contribution in [-0.4, -0.2) is 6.54 Å². The molecule has 0 aliphatic heterocycles.